The summed E-state index contributed by atoms with van der Waals surface area (Å²) in [5.74, 6) is 0.960. The fraction of sp³-hybridized carbons (Fsp3) is 0.176. The van der Waals surface area contributed by atoms with E-state index in [1.54, 1.807) is 16.8 Å². The lowest BCUT2D eigenvalue weighted by molar-refractivity contribution is -0.123. The molecule has 0 aliphatic carbocycles. The standard InChI is InChI=1S/C17H17N5O2/c1-13-7-9-14(10-8-13)22-16(19-20-21-22)11-18-17(23)12-24-15-5-3-2-4-6-15/h2-10H,11-12H2,1H3,(H,18,23). The quantitative estimate of drug-likeness (QED) is 0.746. The van der Waals surface area contributed by atoms with Gasteiger partial charge in [0.2, 0.25) is 0 Å². The molecule has 0 unspecified atom stereocenters. The molecule has 7 heteroatoms. The number of carbonyl (C=O) groups excluding carboxylic acids is 1. The van der Waals surface area contributed by atoms with Gasteiger partial charge in [0, 0.05) is 0 Å². The molecule has 0 bridgehead atoms. The molecule has 0 saturated carbocycles. The minimum Gasteiger partial charge on any atom is -0.484 e. The highest BCUT2D eigenvalue weighted by atomic mass is 16.5. The molecule has 0 aliphatic heterocycles. The summed E-state index contributed by atoms with van der Waals surface area (Å²) >= 11 is 0. The molecule has 24 heavy (non-hydrogen) atoms. The van der Waals surface area contributed by atoms with Gasteiger partial charge in [0.25, 0.3) is 5.91 Å². The third-order valence-electron chi connectivity index (χ3n) is 3.37. The van der Waals surface area contributed by atoms with Crippen LogP contribution in [0.4, 0.5) is 0 Å². The lowest BCUT2D eigenvalue weighted by Crippen LogP contribution is -2.29. The van der Waals surface area contributed by atoms with E-state index in [0.717, 1.165) is 11.3 Å². The first-order valence-electron chi connectivity index (χ1n) is 7.51. The number of nitrogens with zero attached hydrogens (tertiary/aromatic N) is 4. The van der Waals surface area contributed by atoms with Crippen molar-refractivity contribution in [3.63, 3.8) is 0 Å². The van der Waals surface area contributed by atoms with E-state index >= 15 is 0 Å². The predicted molar refractivity (Wildman–Crippen MR) is 87.7 cm³/mol. The van der Waals surface area contributed by atoms with Crippen molar-refractivity contribution in [3.05, 3.63) is 66.0 Å². The van der Waals surface area contributed by atoms with E-state index in [-0.39, 0.29) is 19.1 Å². The zero-order valence-electron chi connectivity index (χ0n) is 13.2. The topological polar surface area (TPSA) is 81.9 Å². The Morgan fingerprint density at radius 1 is 1.12 bits per heavy atom. The normalized spacial score (nSPS) is 10.4. The van der Waals surface area contributed by atoms with E-state index in [2.05, 4.69) is 20.8 Å². The van der Waals surface area contributed by atoms with Gasteiger partial charge in [0.05, 0.1) is 12.2 Å². The SMILES string of the molecule is Cc1ccc(-n2nnnc2CNC(=O)COc2ccccc2)cc1. The number of hydrogen-bond acceptors (Lipinski definition) is 5. The summed E-state index contributed by atoms with van der Waals surface area (Å²) in [5, 5.41) is 14.3. The number of nitrogens with one attached hydrogen (secondary N) is 1. The van der Waals surface area contributed by atoms with Crippen molar-refractivity contribution in [2.24, 2.45) is 0 Å². The fourth-order valence-electron chi connectivity index (χ4n) is 2.10. The van der Waals surface area contributed by atoms with E-state index < -0.39 is 0 Å². The Bertz CT molecular complexity index is 799. The van der Waals surface area contributed by atoms with Gasteiger partial charge in [-0.05, 0) is 41.6 Å². The van der Waals surface area contributed by atoms with Crippen molar-refractivity contribution in [2.75, 3.05) is 6.61 Å². The van der Waals surface area contributed by atoms with Crippen LogP contribution in [0.3, 0.4) is 0 Å². The Kier molecular flexibility index (Phi) is 4.81. The van der Waals surface area contributed by atoms with Crippen LogP contribution in [0.2, 0.25) is 0 Å². The van der Waals surface area contributed by atoms with Gasteiger partial charge >= 0.3 is 0 Å². The van der Waals surface area contributed by atoms with Gasteiger partial charge in [0.1, 0.15) is 5.75 Å². The average molecular weight is 323 g/mol. The lowest BCUT2D eigenvalue weighted by atomic mass is 10.2. The Morgan fingerprint density at radius 3 is 2.62 bits per heavy atom. The van der Waals surface area contributed by atoms with Crippen LogP contribution in [0.5, 0.6) is 5.75 Å². The molecule has 3 aromatic rings. The summed E-state index contributed by atoms with van der Waals surface area (Å²) in [6.07, 6.45) is 0. The minimum absolute atomic E-state index is 0.0594. The van der Waals surface area contributed by atoms with E-state index in [9.17, 15) is 4.79 Å². The third kappa shape index (κ3) is 3.95. The number of aryl methyl sites for hydroxylation is 1. The maximum Gasteiger partial charge on any atom is 0.258 e. The van der Waals surface area contributed by atoms with E-state index in [4.69, 9.17) is 4.74 Å². The third-order valence-corrected chi connectivity index (χ3v) is 3.37. The molecule has 1 aromatic heterocycles. The van der Waals surface area contributed by atoms with Gasteiger partial charge in [-0.25, -0.2) is 0 Å². The lowest BCUT2D eigenvalue weighted by Gasteiger charge is -2.08. The monoisotopic (exact) mass is 323 g/mol. The highest BCUT2D eigenvalue weighted by Gasteiger charge is 2.10. The van der Waals surface area contributed by atoms with Crippen molar-refractivity contribution in [2.45, 2.75) is 13.5 Å². The second kappa shape index (κ2) is 7.36. The van der Waals surface area contributed by atoms with Crippen LogP contribution in [-0.4, -0.2) is 32.7 Å². The Hall–Kier alpha value is -3.22. The number of carbonyl (C=O) groups is 1. The number of rotatable bonds is 6. The average Bonchev–Trinajstić information content (AvgIpc) is 3.08. The van der Waals surface area contributed by atoms with Crippen LogP contribution in [0.1, 0.15) is 11.4 Å². The highest BCUT2D eigenvalue weighted by Crippen LogP contribution is 2.10. The molecule has 122 valence electrons. The van der Waals surface area contributed by atoms with E-state index in [1.807, 2.05) is 49.4 Å². The first-order chi connectivity index (χ1) is 11.7. The van der Waals surface area contributed by atoms with E-state index in [0.29, 0.717) is 11.6 Å². The Balaban J connectivity index is 1.56. The van der Waals surface area contributed by atoms with Crippen molar-refractivity contribution in [3.8, 4) is 11.4 Å². The molecule has 0 spiro atoms. The van der Waals surface area contributed by atoms with Crippen LogP contribution in [-0.2, 0) is 11.3 Å². The van der Waals surface area contributed by atoms with Gasteiger partial charge in [-0.3, -0.25) is 4.79 Å². The first kappa shape index (κ1) is 15.7. The van der Waals surface area contributed by atoms with Crippen LogP contribution in [0.15, 0.2) is 54.6 Å². The van der Waals surface area contributed by atoms with Gasteiger partial charge in [-0.15, -0.1) is 5.10 Å². The zero-order valence-corrected chi connectivity index (χ0v) is 13.2. The summed E-state index contributed by atoms with van der Waals surface area (Å²) in [4.78, 5) is 11.9. The van der Waals surface area contributed by atoms with Crippen LogP contribution < -0.4 is 10.1 Å². The molecule has 1 N–H and O–H groups in total. The zero-order chi connectivity index (χ0) is 16.8. The molecule has 1 amide bonds. The van der Waals surface area contributed by atoms with Crippen LogP contribution >= 0.6 is 0 Å². The van der Waals surface area contributed by atoms with Crippen molar-refractivity contribution < 1.29 is 9.53 Å². The number of benzene rings is 2. The largest absolute Gasteiger partial charge is 0.484 e. The molecular weight excluding hydrogens is 306 g/mol. The molecule has 0 radical (unpaired) electrons. The highest BCUT2D eigenvalue weighted by molar-refractivity contribution is 5.77. The summed E-state index contributed by atoms with van der Waals surface area (Å²) < 4.78 is 6.99. The number of aromatic nitrogens is 4. The molecular formula is C17H17N5O2. The summed E-state index contributed by atoms with van der Waals surface area (Å²) in [6.45, 7) is 2.17. The number of tetrazole rings is 1. The number of para-hydroxylation sites is 1. The molecule has 7 nitrogen and oxygen atoms in total. The summed E-state index contributed by atoms with van der Waals surface area (Å²) in [6, 6.07) is 17.0. The molecule has 2 aromatic carbocycles. The van der Waals surface area contributed by atoms with Gasteiger partial charge in [0.15, 0.2) is 12.4 Å². The molecule has 3 rings (SSSR count). The number of amides is 1. The second-order valence-corrected chi connectivity index (χ2v) is 5.22. The molecule has 1 heterocycles. The molecule has 0 atom stereocenters. The van der Waals surface area contributed by atoms with Crippen molar-refractivity contribution in [1.29, 1.82) is 0 Å². The van der Waals surface area contributed by atoms with Crippen LogP contribution in [0, 0.1) is 6.92 Å². The van der Waals surface area contributed by atoms with Gasteiger partial charge in [-0.1, -0.05) is 35.9 Å². The van der Waals surface area contributed by atoms with Crippen LogP contribution in [0.25, 0.3) is 5.69 Å². The number of hydrogen-bond donors (Lipinski definition) is 1. The molecule has 0 aliphatic rings. The smallest absolute Gasteiger partial charge is 0.258 e. The van der Waals surface area contributed by atoms with Crippen molar-refractivity contribution in [1.82, 2.24) is 25.5 Å². The second-order valence-electron chi connectivity index (χ2n) is 5.22. The summed E-state index contributed by atoms with van der Waals surface area (Å²) in [7, 11) is 0. The molecule has 0 fully saturated rings. The summed E-state index contributed by atoms with van der Waals surface area (Å²) in [5.41, 5.74) is 2.00. The van der Waals surface area contributed by atoms with E-state index in [1.165, 1.54) is 0 Å². The number of ether oxygens (including phenoxy) is 1. The Morgan fingerprint density at radius 2 is 1.88 bits per heavy atom. The minimum atomic E-state index is -0.239. The maximum atomic E-state index is 11.9. The maximum absolute atomic E-state index is 11.9. The predicted octanol–water partition coefficient (Wildman–Crippen LogP) is 1.67. The molecule has 0 saturated heterocycles. The fourth-order valence-corrected chi connectivity index (χ4v) is 2.10. The van der Waals surface area contributed by atoms with Crippen molar-refractivity contribution >= 4 is 5.91 Å². The van der Waals surface area contributed by atoms with Gasteiger partial charge < -0.3 is 10.1 Å². The van der Waals surface area contributed by atoms with Gasteiger partial charge in [-0.2, -0.15) is 4.68 Å². The Labute approximate surface area is 139 Å². The first-order valence-corrected chi connectivity index (χ1v) is 7.51.